The fourth-order valence-electron chi connectivity index (χ4n) is 4.02. The number of carbonyl (C=O) groups is 3. The summed E-state index contributed by atoms with van der Waals surface area (Å²) in [5, 5.41) is 15.2. The quantitative estimate of drug-likeness (QED) is 0.732. The lowest BCUT2D eigenvalue weighted by atomic mass is 9.81. The second-order valence-corrected chi connectivity index (χ2v) is 7.31. The molecule has 3 amide bonds. The third-order valence-electron chi connectivity index (χ3n) is 5.69. The molecule has 1 aliphatic carbocycles. The Morgan fingerprint density at radius 1 is 1.30 bits per heavy atom. The molecule has 0 spiro atoms. The van der Waals surface area contributed by atoms with Gasteiger partial charge in [0.05, 0.1) is 5.41 Å². The Labute approximate surface area is 157 Å². The van der Waals surface area contributed by atoms with E-state index >= 15 is 0 Å². The lowest BCUT2D eigenvalue weighted by molar-refractivity contribution is -0.149. The van der Waals surface area contributed by atoms with Gasteiger partial charge in [-0.2, -0.15) is 0 Å². The molecule has 0 bridgehead atoms. The molecule has 27 heavy (non-hydrogen) atoms. The number of ether oxygens (including phenoxy) is 1. The van der Waals surface area contributed by atoms with Crippen LogP contribution in [0.5, 0.6) is 0 Å². The summed E-state index contributed by atoms with van der Waals surface area (Å²) in [6, 6.07) is 6.49. The molecule has 8 nitrogen and oxygen atoms in total. The van der Waals surface area contributed by atoms with Crippen LogP contribution in [0.2, 0.25) is 0 Å². The van der Waals surface area contributed by atoms with Crippen LogP contribution in [0.1, 0.15) is 26.2 Å². The molecular formula is C19H25N3O5. The fourth-order valence-corrected chi connectivity index (χ4v) is 4.02. The van der Waals surface area contributed by atoms with Gasteiger partial charge in [0.25, 0.3) is 5.91 Å². The van der Waals surface area contributed by atoms with Gasteiger partial charge in [0, 0.05) is 31.6 Å². The van der Waals surface area contributed by atoms with Crippen LogP contribution in [-0.4, -0.2) is 54.2 Å². The van der Waals surface area contributed by atoms with Crippen molar-refractivity contribution in [3.05, 3.63) is 24.3 Å². The lowest BCUT2D eigenvalue weighted by Crippen LogP contribution is -2.38. The molecule has 1 aromatic rings. The Hall–Kier alpha value is -2.61. The highest BCUT2D eigenvalue weighted by Crippen LogP contribution is 2.48. The van der Waals surface area contributed by atoms with Gasteiger partial charge < -0.3 is 25.4 Å². The Bertz CT molecular complexity index is 753. The van der Waals surface area contributed by atoms with E-state index in [1.165, 1.54) is 7.11 Å². The topological polar surface area (TPSA) is 108 Å². The SMILES string of the molecule is COC(C)C(=O)Nc1cccc(NC(=O)N2C[C@@H]3CCC[C@@]3(C(=O)O)C2)c1. The molecule has 8 heteroatoms. The van der Waals surface area contributed by atoms with Gasteiger partial charge in [-0.05, 0) is 43.9 Å². The van der Waals surface area contributed by atoms with Crippen LogP contribution in [0.15, 0.2) is 24.3 Å². The molecule has 1 aromatic carbocycles. The predicted octanol–water partition coefficient (Wildman–Crippen LogP) is 2.38. The number of aliphatic carboxylic acids is 1. The second-order valence-electron chi connectivity index (χ2n) is 7.31. The van der Waals surface area contributed by atoms with Gasteiger partial charge in [-0.3, -0.25) is 9.59 Å². The molecular weight excluding hydrogens is 350 g/mol. The molecule has 1 unspecified atom stereocenters. The lowest BCUT2D eigenvalue weighted by Gasteiger charge is -2.23. The molecule has 2 aliphatic rings. The van der Waals surface area contributed by atoms with Crippen LogP contribution >= 0.6 is 0 Å². The third-order valence-corrected chi connectivity index (χ3v) is 5.69. The number of urea groups is 1. The maximum atomic E-state index is 12.6. The zero-order chi connectivity index (χ0) is 19.6. The molecule has 1 heterocycles. The Morgan fingerprint density at radius 2 is 2.00 bits per heavy atom. The normalized spacial score (nSPS) is 25.0. The maximum absolute atomic E-state index is 12.6. The van der Waals surface area contributed by atoms with Gasteiger partial charge in [0.15, 0.2) is 0 Å². The van der Waals surface area contributed by atoms with Crippen molar-refractivity contribution < 1.29 is 24.2 Å². The summed E-state index contributed by atoms with van der Waals surface area (Å²) in [6.07, 6.45) is 1.78. The molecule has 3 N–H and O–H groups in total. The molecule has 1 saturated heterocycles. The molecule has 146 valence electrons. The number of anilines is 2. The predicted molar refractivity (Wildman–Crippen MR) is 99.5 cm³/mol. The van der Waals surface area contributed by atoms with Gasteiger partial charge >= 0.3 is 12.0 Å². The number of methoxy groups -OCH3 is 1. The Kier molecular flexibility index (Phi) is 5.36. The van der Waals surface area contributed by atoms with Gasteiger partial charge in [0.2, 0.25) is 0 Å². The van der Waals surface area contributed by atoms with Crippen molar-refractivity contribution in [1.29, 1.82) is 0 Å². The highest BCUT2D eigenvalue weighted by molar-refractivity contribution is 5.95. The van der Waals surface area contributed by atoms with Crippen LogP contribution in [0.4, 0.5) is 16.2 Å². The van der Waals surface area contributed by atoms with E-state index in [0.717, 1.165) is 12.8 Å². The Morgan fingerprint density at radius 3 is 2.63 bits per heavy atom. The summed E-state index contributed by atoms with van der Waals surface area (Å²) in [7, 11) is 1.45. The fraction of sp³-hybridized carbons (Fsp3) is 0.526. The summed E-state index contributed by atoms with van der Waals surface area (Å²) in [5.74, 6) is -1.07. The first-order valence-corrected chi connectivity index (χ1v) is 9.09. The van der Waals surface area contributed by atoms with Crippen LogP contribution in [-0.2, 0) is 14.3 Å². The number of hydrogen-bond acceptors (Lipinski definition) is 4. The van der Waals surface area contributed by atoms with Crippen LogP contribution < -0.4 is 10.6 Å². The number of amides is 3. The number of rotatable bonds is 5. The number of likely N-dealkylation sites (tertiary alicyclic amines) is 1. The van der Waals surface area contributed by atoms with Crippen LogP contribution in [0.3, 0.4) is 0 Å². The van der Waals surface area contributed by atoms with Gasteiger partial charge in [-0.1, -0.05) is 12.5 Å². The Balaban J connectivity index is 1.64. The van der Waals surface area contributed by atoms with Gasteiger partial charge in [-0.15, -0.1) is 0 Å². The van der Waals surface area contributed by atoms with E-state index in [2.05, 4.69) is 10.6 Å². The van der Waals surface area contributed by atoms with E-state index in [1.54, 1.807) is 36.1 Å². The summed E-state index contributed by atoms with van der Waals surface area (Å²) in [4.78, 5) is 37.9. The average molecular weight is 375 g/mol. The van der Waals surface area contributed by atoms with E-state index in [1.807, 2.05) is 0 Å². The molecule has 1 saturated carbocycles. The van der Waals surface area contributed by atoms with Crippen molar-refractivity contribution in [3.8, 4) is 0 Å². The molecule has 0 radical (unpaired) electrons. The zero-order valence-electron chi connectivity index (χ0n) is 15.5. The van der Waals surface area contributed by atoms with Crippen molar-refractivity contribution in [2.75, 3.05) is 30.8 Å². The van der Waals surface area contributed by atoms with Crippen LogP contribution in [0, 0.1) is 11.3 Å². The molecule has 0 aromatic heterocycles. The van der Waals surface area contributed by atoms with E-state index < -0.39 is 17.5 Å². The minimum atomic E-state index is -0.808. The van der Waals surface area contributed by atoms with Gasteiger partial charge in [0.1, 0.15) is 6.10 Å². The number of nitrogens with one attached hydrogen (secondary N) is 2. The minimum absolute atomic E-state index is 0.0157. The largest absolute Gasteiger partial charge is 0.481 e. The van der Waals surface area contributed by atoms with Crippen molar-refractivity contribution in [3.63, 3.8) is 0 Å². The van der Waals surface area contributed by atoms with E-state index in [4.69, 9.17) is 4.74 Å². The van der Waals surface area contributed by atoms with Crippen molar-refractivity contribution in [2.24, 2.45) is 11.3 Å². The number of benzene rings is 1. The zero-order valence-corrected chi connectivity index (χ0v) is 15.5. The molecule has 1 aliphatic heterocycles. The number of hydrogen-bond donors (Lipinski definition) is 3. The highest BCUT2D eigenvalue weighted by atomic mass is 16.5. The molecule has 3 atom stereocenters. The summed E-state index contributed by atoms with van der Waals surface area (Å²) < 4.78 is 4.98. The average Bonchev–Trinajstić information content (AvgIpc) is 3.19. The van der Waals surface area contributed by atoms with Crippen molar-refractivity contribution in [2.45, 2.75) is 32.3 Å². The standard InChI is InChI=1S/C19H25N3O5/c1-12(27-2)16(23)20-14-6-3-7-15(9-14)21-18(26)22-10-13-5-4-8-19(13,11-22)17(24)25/h3,6-7,9,12-13H,4-5,8,10-11H2,1-2H3,(H,20,23)(H,21,26)(H,24,25)/t12?,13-,19+/m0/s1. The van der Waals surface area contributed by atoms with Crippen molar-refractivity contribution >= 4 is 29.3 Å². The summed E-state index contributed by atoms with van der Waals surface area (Å²) in [5.41, 5.74) is 0.273. The first-order valence-electron chi connectivity index (χ1n) is 9.09. The number of carboxylic acid groups (broad SMARTS) is 1. The van der Waals surface area contributed by atoms with Gasteiger partial charge in [-0.25, -0.2) is 4.79 Å². The first kappa shape index (κ1) is 19.2. The summed E-state index contributed by atoms with van der Waals surface area (Å²) >= 11 is 0. The highest BCUT2D eigenvalue weighted by Gasteiger charge is 2.55. The second kappa shape index (κ2) is 7.56. The number of carboxylic acids is 1. The van der Waals surface area contributed by atoms with Crippen molar-refractivity contribution in [1.82, 2.24) is 4.90 Å². The molecule has 3 rings (SSSR count). The number of fused-ring (bicyclic) bond motifs is 1. The third kappa shape index (κ3) is 3.75. The van der Waals surface area contributed by atoms with E-state index in [-0.39, 0.29) is 24.4 Å². The minimum Gasteiger partial charge on any atom is -0.481 e. The van der Waals surface area contributed by atoms with Crippen LogP contribution in [0.25, 0.3) is 0 Å². The molecule has 2 fully saturated rings. The maximum Gasteiger partial charge on any atom is 0.321 e. The van der Waals surface area contributed by atoms with E-state index in [0.29, 0.717) is 24.3 Å². The first-order chi connectivity index (χ1) is 12.9. The summed E-state index contributed by atoms with van der Waals surface area (Å²) in [6.45, 7) is 2.34. The number of carbonyl (C=O) groups excluding carboxylic acids is 2. The van der Waals surface area contributed by atoms with E-state index in [9.17, 15) is 19.5 Å². The monoisotopic (exact) mass is 375 g/mol. The smallest absolute Gasteiger partial charge is 0.321 e. The number of nitrogens with zero attached hydrogens (tertiary/aromatic N) is 1.